The van der Waals surface area contributed by atoms with Gasteiger partial charge >= 0.3 is 0 Å². The molecule has 0 spiro atoms. The second kappa shape index (κ2) is 7.18. The normalized spacial score (nSPS) is 24.0. The molecule has 25 heavy (non-hydrogen) atoms. The van der Waals surface area contributed by atoms with E-state index >= 15 is 0 Å². The van der Waals surface area contributed by atoms with Crippen molar-refractivity contribution in [1.82, 2.24) is 5.32 Å². The van der Waals surface area contributed by atoms with Gasteiger partial charge in [-0.25, -0.2) is 0 Å². The van der Waals surface area contributed by atoms with Gasteiger partial charge in [-0.05, 0) is 67.3 Å². The van der Waals surface area contributed by atoms with Crippen molar-refractivity contribution in [3.63, 3.8) is 0 Å². The second-order valence-corrected chi connectivity index (χ2v) is 8.07. The Morgan fingerprint density at radius 2 is 1.88 bits per heavy atom. The number of hydrogen-bond acceptors (Lipinski definition) is 4. The van der Waals surface area contributed by atoms with Crippen LogP contribution in [0.3, 0.4) is 0 Å². The van der Waals surface area contributed by atoms with Gasteiger partial charge in [-0.2, -0.15) is 0 Å². The van der Waals surface area contributed by atoms with Crippen LogP contribution >= 0.6 is 11.3 Å². The van der Waals surface area contributed by atoms with Crippen LogP contribution in [0.15, 0.2) is 41.8 Å². The van der Waals surface area contributed by atoms with Crippen LogP contribution in [0.2, 0.25) is 0 Å². The molecule has 1 saturated carbocycles. The van der Waals surface area contributed by atoms with Gasteiger partial charge in [0.1, 0.15) is 0 Å². The van der Waals surface area contributed by atoms with Crippen LogP contribution in [0.1, 0.15) is 47.0 Å². The molecular weight excluding hydrogens is 332 g/mol. The van der Waals surface area contributed by atoms with E-state index in [0.29, 0.717) is 11.5 Å². The van der Waals surface area contributed by atoms with Gasteiger partial charge in [-0.3, -0.25) is 4.79 Å². The molecule has 1 amide bonds. The molecule has 4 rings (SSSR count). The van der Waals surface area contributed by atoms with E-state index in [0.717, 1.165) is 25.9 Å². The highest BCUT2D eigenvalue weighted by Crippen LogP contribution is 2.39. The summed E-state index contributed by atoms with van der Waals surface area (Å²) in [5.74, 6) is 0.286. The molecule has 0 unspecified atom stereocenters. The number of thiophene rings is 1. The highest BCUT2D eigenvalue weighted by Gasteiger charge is 2.36. The van der Waals surface area contributed by atoms with Gasteiger partial charge in [-0.1, -0.05) is 6.07 Å². The van der Waals surface area contributed by atoms with E-state index in [2.05, 4.69) is 16.3 Å². The molecule has 1 aromatic carbocycles. The standard InChI is InChI=1S/C20H24N2O2S/c23-17-12-15(13-17)19(18-4-3-11-25-18)21-20(24)14-5-7-16(8-6-14)22-9-1-2-10-22/h3-8,11,15,17,19,23H,1-2,9-10,12-13H2,(H,21,24)/t15?,17?,19-/m1/s1. The molecule has 2 fully saturated rings. The fourth-order valence-electron chi connectivity index (χ4n) is 3.82. The van der Waals surface area contributed by atoms with Gasteiger partial charge in [0, 0.05) is 29.2 Å². The molecule has 1 aliphatic heterocycles. The highest BCUT2D eigenvalue weighted by molar-refractivity contribution is 7.10. The van der Waals surface area contributed by atoms with E-state index in [-0.39, 0.29) is 18.1 Å². The Morgan fingerprint density at radius 1 is 1.16 bits per heavy atom. The van der Waals surface area contributed by atoms with E-state index in [9.17, 15) is 9.90 Å². The Hall–Kier alpha value is -1.85. The van der Waals surface area contributed by atoms with Gasteiger partial charge in [0.25, 0.3) is 5.91 Å². The number of hydrogen-bond donors (Lipinski definition) is 2. The molecule has 2 heterocycles. The molecule has 1 saturated heterocycles. The minimum absolute atomic E-state index is 0.00541. The molecule has 2 N–H and O–H groups in total. The second-order valence-electron chi connectivity index (χ2n) is 7.09. The Kier molecular flexibility index (Phi) is 4.77. The summed E-state index contributed by atoms with van der Waals surface area (Å²) in [6.07, 6.45) is 3.80. The molecule has 1 aliphatic carbocycles. The van der Waals surface area contributed by atoms with Crippen molar-refractivity contribution in [3.05, 3.63) is 52.2 Å². The maximum atomic E-state index is 12.7. The van der Waals surface area contributed by atoms with Gasteiger partial charge < -0.3 is 15.3 Å². The predicted molar refractivity (Wildman–Crippen MR) is 101 cm³/mol. The van der Waals surface area contributed by atoms with Gasteiger partial charge in [0.05, 0.1) is 12.1 Å². The van der Waals surface area contributed by atoms with Crippen LogP contribution < -0.4 is 10.2 Å². The number of aliphatic hydroxyl groups excluding tert-OH is 1. The largest absolute Gasteiger partial charge is 0.393 e. The fraction of sp³-hybridized carbons (Fsp3) is 0.450. The third-order valence-corrected chi connectivity index (χ3v) is 6.31. The average molecular weight is 356 g/mol. The first-order chi connectivity index (χ1) is 12.2. The third kappa shape index (κ3) is 3.58. The van der Waals surface area contributed by atoms with Gasteiger partial charge in [0.2, 0.25) is 0 Å². The monoisotopic (exact) mass is 356 g/mol. The molecule has 2 aliphatic rings. The van der Waals surface area contributed by atoms with E-state index in [4.69, 9.17) is 0 Å². The maximum Gasteiger partial charge on any atom is 0.251 e. The zero-order valence-electron chi connectivity index (χ0n) is 14.2. The quantitative estimate of drug-likeness (QED) is 0.861. The topological polar surface area (TPSA) is 52.6 Å². The van der Waals surface area contributed by atoms with Crippen molar-refractivity contribution in [2.75, 3.05) is 18.0 Å². The first-order valence-corrected chi connectivity index (χ1v) is 9.96. The average Bonchev–Trinajstić information content (AvgIpc) is 3.30. The summed E-state index contributed by atoms with van der Waals surface area (Å²) >= 11 is 1.66. The number of anilines is 1. The van der Waals surface area contributed by atoms with Gasteiger partial charge in [0.15, 0.2) is 0 Å². The predicted octanol–water partition coefficient (Wildman–Crippen LogP) is 3.59. The van der Waals surface area contributed by atoms with Crippen molar-refractivity contribution in [3.8, 4) is 0 Å². The highest BCUT2D eigenvalue weighted by atomic mass is 32.1. The molecule has 0 radical (unpaired) electrons. The molecule has 2 aromatic rings. The Bertz CT molecular complexity index is 702. The first kappa shape index (κ1) is 16.6. The summed E-state index contributed by atoms with van der Waals surface area (Å²) in [5, 5.41) is 14.9. The SMILES string of the molecule is O=C(N[C@@H](c1cccs1)C1CC(O)C1)c1ccc(N2CCCC2)cc1. The summed E-state index contributed by atoms with van der Waals surface area (Å²) in [5.41, 5.74) is 1.90. The first-order valence-electron chi connectivity index (χ1n) is 9.08. The van der Waals surface area contributed by atoms with Crippen molar-refractivity contribution >= 4 is 22.9 Å². The summed E-state index contributed by atoms with van der Waals surface area (Å²) in [6.45, 7) is 2.21. The van der Waals surface area contributed by atoms with Crippen molar-refractivity contribution in [2.24, 2.45) is 5.92 Å². The van der Waals surface area contributed by atoms with Crippen LogP contribution in [0.25, 0.3) is 0 Å². The van der Waals surface area contributed by atoms with Crippen molar-refractivity contribution < 1.29 is 9.90 Å². The van der Waals surface area contributed by atoms with Crippen molar-refractivity contribution in [2.45, 2.75) is 37.8 Å². The van der Waals surface area contributed by atoms with Crippen LogP contribution in [-0.4, -0.2) is 30.2 Å². The number of carbonyl (C=O) groups is 1. The molecule has 0 bridgehead atoms. The number of aliphatic hydroxyl groups is 1. The van der Waals surface area contributed by atoms with Crippen LogP contribution in [-0.2, 0) is 0 Å². The van der Waals surface area contributed by atoms with Gasteiger partial charge in [-0.15, -0.1) is 11.3 Å². The van der Waals surface area contributed by atoms with E-state index in [1.807, 2.05) is 35.7 Å². The number of benzene rings is 1. The number of nitrogens with one attached hydrogen (secondary N) is 1. The summed E-state index contributed by atoms with van der Waals surface area (Å²) in [6, 6.07) is 12.0. The van der Waals surface area contributed by atoms with Crippen LogP contribution in [0.4, 0.5) is 5.69 Å². The summed E-state index contributed by atoms with van der Waals surface area (Å²) in [4.78, 5) is 16.3. The van der Waals surface area contributed by atoms with Crippen LogP contribution in [0.5, 0.6) is 0 Å². The lowest BCUT2D eigenvalue weighted by Crippen LogP contribution is -2.41. The van der Waals surface area contributed by atoms with E-state index < -0.39 is 0 Å². The van der Waals surface area contributed by atoms with E-state index in [1.165, 1.54) is 23.4 Å². The molecule has 5 heteroatoms. The molecule has 1 aromatic heterocycles. The lowest BCUT2D eigenvalue weighted by Gasteiger charge is -2.37. The number of rotatable bonds is 5. The lowest BCUT2D eigenvalue weighted by atomic mass is 9.76. The van der Waals surface area contributed by atoms with Crippen LogP contribution in [0, 0.1) is 5.92 Å². The maximum absolute atomic E-state index is 12.7. The van der Waals surface area contributed by atoms with Crippen molar-refractivity contribution in [1.29, 1.82) is 0 Å². The molecule has 132 valence electrons. The lowest BCUT2D eigenvalue weighted by molar-refractivity contribution is 0.0241. The Labute approximate surface area is 152 Å². The molecule has 1 atom stereocenters. The molecule has 4 nitrogen and oxygen atoms in total. The third-order valence-electron chi connectivity index (χ3n) is 5.36. The minimum Gasteiger partial charge on any atom is -0.393 e. The molecular formula is C20H24N2O2S. The summed E-state index contributed by atoms with van der Waals surface area (Å²) < 4.78 is 0. The summed E-state index contributed by atoms with van der Waals surface area (Å²) in [7, 11) is 0. The van der Waals surface area contributed by atoms with E-state index in [1.54, 1.807) is 11.3 Å². The zero-order valence-corrected chi connectivity index (χ0v) is 15.0. The minimum atomic E-state index is -0.218. The number of carbonyl (C=O) groups excluding carboxylic acids is 1. The smallest absolute Gasteiger partial charge is 0.251 e. The number of nitrogens with zero attached hydrogens (tertiary/aromatic N) is 1. The number of amides is 1. The fourth-order valence-corrected chi connectivity index (χ4v) is 4.68. The zero-order chi connectivity index (χ0) is 17.2. The Balaban J connectivity index is 1.45. The Morgan fingerprint density at radius 3 is 2.48 bits per heavy atom.